The van der Waals surface area contributed by atoms with Crippen LogP contribution in [0.4, 0.5) is 4.39 Å². The molecule has 2 aromatic carbocycles. The Morgan fingerprint density at radius 3 is 2.60 bits per heavy atom. The fraction of sp³-hybridized carbons (Fsp3) is 0.200. The van der Waals surface area contributed by atoms with Gasteiger partial charge in [0.2, 0.25) is 0 Å². The van der Waals surface area contributed by atoms with Crippen LogP contribution in [0.3, 0.4) is 0 Å². The monoisotopic (exact) mass is 339 g/mol. The average molecular weight is 340 g/mol. The Kier molecular flexibility index (Phi) is 4.98. The number of rotatable bonds is 5. The van der Waals surface area contributed by atoms with Gasteiger partial charge in [0.05, 0.1) is 11.6 Å². The highest BCUT2D eigenvalue weighted by Crippen LogP contribution is 2.26. The van der Waals surface area contributed by atoms with Gasteiger partial charge in [0, 0.05) is 12.6 Å². The maximum absolute atomic E-state index is 13.3. The molecule has 0 aliphatic rings. The van der Waals surface area contributed by atoms with E-state index in [1.807, 2.05) is 18.2 Å². The van der Waals surface area contributed by atoms with E-state index in [1.54, 1.807) is 13.2 Å². The maximum Gasteiger partial charge on any atom is 0.133 e. The fourth-order valence-electron chi connectivity index (χ4n) is 1.79. The third-order valence-electron chi connectivity index (χ3n) is 2.79. The Labute approximate surface area is 125 Å². The maximum atomic E-state index is 13.3. The molecule has 3 nitrogen and oxygen atoms in total. The second-order valence-electron chi connectivity index (χ2n) is 4.26. The zero-order valence-electron chi connectivity index (χ0n) is 11.0. The minimum absolute atomic E-state index is 0.280. The second-order valence-corrected chi connectivity index (χ2v) is 5.11. The van der Waals surface area contributed by atoms with Crippen LogP contribution in [0.1, 0.15) is 11.1 Å². The first-order valence-electron chi connectivity index (χ1n) is 6.07. The summed E-state index contributed by atoms with van der Waals surface area (Å²) in [6, 6.07) is 10.1. The van der Waals surface area contributed by atoms with Crippen molar-refractivity contribution in [2.24, 2.45) is 5.73 Å². The number of methoxy groups -OCH3 is 1. The molecular weight excluding hydrogens is 325 g/mol. The van der Waals surface area contributed by atoms with E-state index in [2.05, 4.69) is 15.9 Å². The van der Waals surface area contributed by atoms with Crippen LogP contribution in [0.2, 0.25) is 0 Å². The third-order valence-corrected chi connectivity index (χ3v) is 3.41. The molecule has 0 fully saturated rings. The molecule has 20 heavy (non-hydrogen) atoms. The molecule has 0 amide bonds. The van der Waals surface area contributed by atoms with Crippen LogP contribution in [0, 0.1) is 5.82 Å². The summed E-state index contributed by atoms with van der Waals surface area (Å²) >= 11 is 3.41. The van der Waals surface area contributed by atoms with Crippen LogP contribution >= 0.6 is 15.9 Å². The molecule has 0 aliphatic heterocycles. The number of halogens is 2. The summed E-state index contributed by atoms with van der Waals surface area (Å²) in [6.07, 6.45) is 0. The topological polar surface area (TPSA) is 44.5 Å². The van der Waals surface area contributed by atoms with Crippen molar-refractivity contribution in [3.05, 3.63) is 57.8 Å². The van der Waals surface area contributed by atoms with Crippen LogP contribution in [0.15, 0.2) is 40.9 Å². The van der Waals surface area contributed by atoms with E-state index in [4.69, 9.17) is 15.2 Å². The van der Waals surface area contributed by atoms with Crippen molar-refractivity contribution < 1.29 is 13.9 Å². The Morgan fingerprint density at radius 2 is 1.95 bits per heavy atom. The normalized spacial score (nSPS) is 10.4. The lowest BCUT2D eigenvalue weighted by Gasteiger charge is -2.10. The van der Waals surface area contributed by atoms with E-state index >= 15 is 0 Å². The molecule has 5 heteroatoms. The lowest BCUT2D eigenvalue weighted by molar-refractivity contribution is 0.304. The van der Waals surface area contributed by atoms with Crippen molar-refractivity contribution in [1.82, 2.24) is 0 Å². The molecule has 106 valence electrons. The van der Waals surface area contributed by atoms with E-state index in [0.717, 1.165) is 15.8 Å². The van der Waals surface area contributed by atoms with Crippen molar-refractivity contribution in [3.63, 3.8) is 0 Å². The minimum atomic E-state index is -0.348. The summed E-state index contributed by atoms with van der Waals surface area (Å²) in [7, 11) is 1.61. The molecule has 0 unspecified atom stereocenters. The van der Waals surface area contributed by atoms with E-state index in [-0.39, 0.29) is 12.4 Å². The molecule has 0 bridgehead atoms. The molecule has 0 aromatic heterocycles. The first-order chi connectivity index (χ1) is 9.62. The van der Waals surface area contributed by atoms with E-state index in [1.165, 1.54) is 12.1 Å². The Morgan fingerprint density at radius 1 is 1.15 bits per heavy atom. The Bertz CT molecular complexity index is 604. The molecule has 0 aliphatic carbocycles. The third kappa shape index (κ3) is 3.71. The van der Waals surface area contributed by atoms with Gasteiger partial charge in [-0.3, -0.25) is 0 Å². The van der Waals surface area contributed by atoms with E-state index in [9.17, 15) is 4.39 Å². The Balaban J connectivity index is 2.08. The molecule has 0 atom stereocenters. The van der Waals surface area contributed by atoms with Gasteiger partial charge in [0.15, 0.2) is 0 Å². The average Bonchev–Trinajstić information content (AvgIpc) is 2.44. The van der Waals surface area contributed by atoms with Crippen LogP contribution < -0.4 is 15.2 Å². The van der Waals surface area contributed by atoms with Crippen molar-refractivity contribution in [1.29, 1.82) is 0 Å². The quantitative estimate of drug-likeness (QED) is 0.904. The Hall–Kier alpha value is -1.59. The van der Waals surface area contributed by atoms with Crippen molar-refractivity contribution in [2.45, 2.75) is 13.2 Å². The van der Waals surface area contributed by atoms with Crippen molar-refractivity contribution in [2.75, 3.05) is 7.11 Å². The fourth-order valence-corrected chi connectivity index (χ4v) is 2.38. The molecule has 2 aromatic rings. The van der Waals surface area contributed by atoms with Crippen molar-refractivity contribution >= 4 is 15.9 Å². The summed E-state index contributed by atoms with van der Waals surface area (Å²) in [5.41, 5.74) is 7.16. The molecule has 0 saturated carbocycles. The van der Waals surface area contributed by atoms with Crippen LogP contribution in [-0.4, -0.2) is 7.11 Å². The lowest BCUT2D eigenvalue weighted by atomic mass is 10.2. The van der Waals surface area contributed by atoms with Crippen LogP contribution in [-0.2, 0) is 13.2 Å². The zero-order chi connectivity index (χ0) is 14.5. The summed E-state index contributed by atoms with van der Waals surface area (Å²) in [6.45, 7) is 0.623. The van der Waals surface area contributed by atoms with Gasteiger partial charge in [-0.1, -0.05) is 6.07 Å². The summed E-state index contributed by atoms with van der Waals surface area (Å²) in [4.78, 5) is 0. The van der Waals surface area contributed by atoms with Gasteiger partial charge >= 0.3 is 0 Å². The van der Waals surface area contributed by atoms with E-state index in [0.29, 0.717) is 17.9 Å². The number of hydrogen-bond donors (Lipinski definition) is 1. The zero-order valence-corrected chi connectivity index (χ0v) is 12.6. The predicted molar refractivity (Wildman–Crippen MR) is 79.3 cm³/mol. The van der Waals surface area contributed by atoms with Gasteiger partial charge in [-0.15, -0.1) is 0 Å². The first kappa shape index (κ1) is 14.8. The molecule has 0 radical (unpaired) electrons. The largest absolute Gasteiger partial charge is 0.496 e. The molecule has 2 rings (SSSR count). The van der Waals surface area contributed by atoms with Gasteiger partial charge < -0.3 is 15.2 Å². The number of nitrogens with two attached hydrogens (primary N) is 1. The lowest BCUT2D eigenvalue weighted by Crippen LogP contribution is -2.00. The molecular formula is C15H15BrFNO2. The molecule has 0 heterocycles. The van der Waals surface area contributed by atoms with Crippen LogP contribution in [0.5, 0.6) is 11.5 Å². The summed E-state index contributed by atoms with van der Waals surface area (Å²) in [5, 5.41) is 0. The highest BCUT2D eigenvalue weighted by atomic mass is 79.9. The highest BCUT2D eigenvalue weighted by molar-refractivity contribution is 9.10. The predicted octanol–water partition coefficient (Wildman–Crippen LogP) is 3.63. The number of hydrogen-bond acceptors (Lipinski definition) is 3. The standard InChI is InChI=1S/C15H15BrFNO2/c1-19-15-3-2-10(6-14(15)16)9-20-13-5-11(8-18)4-12(17)7-13/h2-7H,8-9,18H2,1H3. The highest BCUT2D eigenvalue weighted by Gasteiger charge is 2.04. The summed E-state index contributed by atoms with van der Waals surface area (Å²) in [5.74, 6) is 0.876. The van der Waals surface area contributed by atoms with Crippen molar-refractivity contribution in [3.8, 4) is 11.5 Å². The smallest absolute Gasteiger partial charge is 0.133 e. The van der Waals surface area contributed by atoms with Gasteiger partial charge in [-0.25, -0.2) is 4.39 Å². The molecule has 0 spiro atoms. The number of benzene rings is 2. The van der Waals surface area contributed by atoms with Crippen LogP contribution in [0.25, 0.3) is 0 Å². The number of ether oxygens (including phenoxy) is 2. The minimum Gasteiger partial charge on any atom is -0.496 e. The van der Waals surface area contributed by atoms with Gasteiger partial charge in [0.25, 0.3) is 0 Å². The second kappa shape index (κ2) is 6.72. The van der Waals surface area contributed by atoms with E-state index < -0.39 is 0 Å². The summed E-state index contributed by atoms with van der Waals surface area (Å²) < 4.78 is 24.9. The van der Waals surface area contributed by atoms with Gasteiger partial charge in [0.1, 0.15) is 23.9 Å². The van der Waals surface area contributed by atoms with Gasteiger partial charge in [-0.2, -0.15) is 0 Å². The molecule has 0 saturated heterocycles. The molecule has 2 N–H and O–H groups in total. The van der Waals surface area contributed by atoms with Gasteiger partial charge in [-0.05, 0) is 51.3 Å². The SMILES string of the molecule is COc1ccc(COc2cc(F)cc(CN)c2)cc1Br. The first-order valence-corrected chi connectivity index (χ1v) is 6.86.